The number of halogens is 2. The number of nitrogens with one attached hydrogen (secondary N) is 2. The predicted octanol–water partition coefficient (Wildman–Crippen LogP) is 6.54. The Balaban J connectivity index is 1.28. The number of ether oxygens (including phenoxy) is 5. The van der Waals surface area contributed by atoms with Crippen LogP contribution in [0.3, 0.4) is 0 Å². The third kappa shape index (κ3) is 10.5. The minimum atomic E-state index is -0.743. The standard InChI is InChI=1S/C33H37Cl2N3O7/c1-4-41-30-15-22(7-10-28(30)43-19-23-8-11-29-31(16-23)45-20-44-29)18-36-38-33(40)26(14-21(2)3)37-32(39)6-5-13-42-27-12-9-24(34)17-25(27)35/h7-12,15-18,21,26H,4-6,13-14,19-20H2,1-3H3,(H,37,39)(H,38,40)/b36-18-/t26-/m1/s1. The molecule has 1 atom stereocenters. The van der Waals surface area contributed by atoms with Crippen LogP contribution in [0.2, 0.25) is 10.0 Å². The van der Waals surface area contributed by atoms with Gasteiger partial charge >= 0.3 is 0 Å². The summed E-state index contributed by atoms with van der Waals surface area (Å²) in [6, 6.07) is 15.2. The van der Waals surface area contributed by atoms with Crippen LogP contribution in [0.1, 0.15) is 51.2 Å². The summed E-state index contributed by atoms with van der Waals surface area (Å²) < 4.78 is 28.2. The van der Waals surface area contributed by atoms with Crippen LogP contribution in [0.4, 0.5) is 0 Å². The van der Waals surface area contributed by atoms with E-state index in [1.54, 1.807) is 36.4 Å². The number of hydrazone groups is 1. The summed E-state index contributed by atoms with van der Waals surface area (Å²) in [6.45, 7) is 7.08. The van der Waals surface area contributed by atoms with Gasteiger partial charge in [-0.2, -0.15) is 5.10 Å². The molecule has 0 aromatic heterocycles. The number of benzene rings is 3. The predicted molar refractivity (Wildman–Crippen MR) is 173 cm³/mol. The number of amides is 2. The lowest BCUT2D eigenvalue weighted by Crippen LogP contribution is -2.46. The Labute approximate surface area is 272 Å². The van der Waals surface area contributed by atoms with E-state index in [1.807, 2.05) is 39.0 Å². The van der Waals surface area contributed by atoms with E-state index in [9.17, 15) is 9.59 Å². The maximum absolute atomic E-state index is 12.9. The first-order chi connectivity index (χ1) is 21.7. The van der Waals surface area contributed by atoms with E-state index in [0.717, 1.165) is 5.56 Å². The molecule has 2 N–H and O–H groups in total. The quantitative estimate of drug-likeness (QED) is 0.102. The van der Waals surface area contributed by atoms with Gasteiger partial charge < -0.3 is 29.0 Å². The number of nitrogens with zero attached hydrogens (tertiary/aromatic N) is 1. The molecule has 0 bridgehead atoms. The molecule has 12 heteroatoms. The van der Waals surface area contributed by atoms with Gasteiger partial charge in [-0.25, -0.2) is 5.43 Å². The Bertz CT molecular complexity index is 1500. The molecule has 10 nitrogen and oxygen atoms in total. The number of hydrogen-bond acceptors (Lipinski definition) is 8. The molecule has 4 rings (SSSR count). The molecule has 2 amide bonds. The molecule has 0 saturated heterocycles. The van der Waals surface area contributed by atoms with Crippen molar-refractivity contribution >= 4 is 41.2 Å². The second-order valence-electron chi connectivity index (χ2n) is 10.6. The van der Waals surface area contributed by atoms with E-state index >= 15 is 0 Å². The molecule has 0 aliphatic carbocycles. The fourth-order valence-electron chi connectivity index (χ4n) is 4.41. The van der Waals surface area contributed by atoms with Crippen LogP contribution < -0.4 is 34.4 Å². The molecule has 0 fully saturated rings. The van der Waals surface area contributed by atoms with Crippen LogP contribution in [-0.2, 0) is 16.2 Å². The molecule has 0 spiro atoms. The first-order valence-electron chi connectivity index (χ1n) is 14.7. The molecule has 45 heavy (non-hydrogen) atoms. The zero-order chi connectivity index (χ0) is 32.2. The fourth-order valence-corrected chi connectivity index (χ4v) is 4.87. The number of rotatable bonds is 16. The first-order valence-corrected chi connectivity index (χ1v) is 15.5. The Morgan fingerprint density at radius 3 is 2.53 bits per heavy atom. The topological polar surface area (TPSA) is 117 Å². The summed E-state index contributed by atoms with van der Waals surface area (Å²) >= 11 is 12.0. The van der Waals surface area contributed by atoms with Crippen LogP contribution >= 0.6 is 23.2 Å². The summed E-state index contributed by atoms with van der Waals surface area (Å²) in [6.07, 6.45) is 2.58. The van der Waals surface area contributed by atoms with Crippen molar-refractivity contribution in [2.45, 2.75) is 52.7 Å². The van der Waals surface area contributed by atoms with E-state index in [4.69, 9.17) is 46.9 Å². The molecule has 0 radical (unpaired) electrons. The lowest BCUT2D eigenvalue weighted by Gasteiger charge is -2.19. The normalized spacial score (nSPS) is 12.7. The average molecular weight is 659 g/mol. The second-order valence-corrected chi connectivity index (χ2v) is 11.5. The van der Waals surface area contributed by atoms with Crippen molar-refractivity contribution in [1.82, 2.24) is 10.7 Å². The van der Waals surface area contributed by atoms with Gasteiger partial charge in [0.05, 0.1) is 24.5 Å². The largest absolute Gasteiger partial charge is 0.492 e. The molecule has 3 aromatic rings. The third-order valence-electron chi connectivity index (χ3n) is 6.55. The van der Waals surface area contributed by atoms with E-state index in [2.05, 4.69) is 15.8 Å². The van der Waals surface area contributed by atoms with Gasteiger partial charge in [0.2, 0.25) is 12.7 Å². The molecule has 0 unspecified atom stereocenters. The lowest BCUT2D eigenvalue weighted by atomic mass is 10.0. The van der Waals surface area contributed by atoms with E-state index in [-0.39, 0.29) is 31.6 Å². The van der Waals surface area contributed by atoms with Crippen molar-refractivity contribution in [1.29, 1.82) is 0 Å². The third-order valence-corrected chi connectivity index (χ3v) is 7.08. The minimum Gasteiger partial charge on any atom is -0.492 e. The van der Waals surface area contributed by atoms with Crippen molar-refractivity contribution < 1.29 is 33.3 Å². The Kier molecular flexibility index (Phi) is 12.6. The van der Waals surface area contributed by atoms with Gasteiger partial charge in [0.25, 0.3) is 5.91 Å². The van der Waals surface area contributed by atoms with Gasteiger partial charge in [-0.3, -0.25) is 9.59 Å². The summed E-state index contributed by atoms with van der Waals surface area (Å²) in [4.78, 5) is 25.6. The molecular weight excluding hydrogens is 621 g/mol. The Hall–Kier alpha value is -4.15. The van der Waals surface area contributed by atoms with Crippen LogP contribution in [0.25, 0.3) is 0 Å². The maximum Gasteiger partial charge on any atom is 0.262 e. The van der Waals surface area contributed by atoms with Gasteiger partial charge in [0.1, 0.15) is 18.4 Å². The van der Waals surface area contributed by atoms with Crippen molar-refractivity contribution in [3.63, 3.8) is 0 Å². The molecule has 3 aromatic carbocycles. The van der Waals surface area contributed by atoms with Crippen molar-refractivity contribution in [3.8, 4) is 28.7 Å². The highest BCUT2D eigenvalue weighted by molar-refractivity contribution is 6.35. The van der Waals surface area contributed by atoms with E-state index in [1.165, 1.54) is 6.21 Å². The monoisotopic (exact) mass is 657 g/mol. The molecule has 0 saturated carbocycles. The van der Waals surface area contributed by atoms with Gasteiger partial charge in [-0.15, -0.1) is 0 Å². The Morgan fingerprint density at radius 1 is 0.956 bits per heavy atom. The summed E-state index contributed by atoms with van der Waals surface area (Å²) in [5, 5.41) is 7.84. The molecule has 240 valence electrons. The number of carbonyl (C=O) groups is 2. The van der Waals surface area contributed by atoms with Crippen molar-refractivity contribution in [3.05, 3.63) is 75.8 Å². The van der Waals surface area contributed by atoms with Crippen molar-refractivity contribution in [2.24, 2.45) is 11.0 Å². The van der Waals surface area contributed by atoms with Crippen LogP contribution in [0.5, 0.6) is 28.7 Å². The molecule has 1 aliphatic rings. The van der Waals surface area contributed by atoms with Gasteiger partial charge in [0, 0.05) is 11.4 Å². The van der Waals surface area contributed by atoms with Gasteiger partial charge in [0.15, 0.2) is 23.0 Å². The summed E-state index contributed by atoms with van der Waals surface area (Å²) in [7, 11) is 0. The highest BCUT2D eigenvalue weighted by atomic mass is 35.5. The highest BCUT2D eigenvalue weighted by Gasteiger charge is 2.22. The molecule has 1 aliphatic heterocycles. The summed E-state index contributed by atoms with van der Waals surface area (Å²) in [5.74, 6) is 2.50. The van der Waals surface area contributed by atoms with Crippen LogP contribution in [-0.4, -0.2) is 44.1 Å². The van der Waals surface area contributed by atoms with Crippen LogP contribution in [0, 0.1) is 5.92 Å². The number of hydrogen-bond donors (Lipinski definition) is 2. The second kappa shape index (κ2) is 16.8. The van der Waals surface area contributed by atoms with Gasteiger partial charge in [-0.1, -0.05) is 43.1 Å². The first kappa shape index (κ1) is 33.7. The van der Waals surface area contributed by atoms with E-state index < -0.39 is 11.9 Å². The summed E-state index contributed by atoms with van der Waals surface area (Å²) in [5.41, 5.74) is 4.17. The zero-order valence-electron chi connectivity index (χ0n) is 25.4. The SMILES string of the molecule is CCOc1cc(/C=N\NC(=O)[C@@H](CC(C)C)NC(=O)CCCOc2ccc(Cl)cc2Cl)ccc1OCc1ccc2c(c1)OCO2. The number of fused-ring (bicyclic) bond motifs is 1. The molecular formula is C33H37Cl2N3O7. The minimum absolute atomic E-state index is 0.166. The Morgan fingerprint density at radius 2 is 1.76 bits per heavy atom. The maximum atomic E-state index is 12.9. The van der Waals surface area contributed by atoms with Crippen molar-refractivity contribution in [2.75, 3.05) is 20.0 Å². The smallest absolute Gasteiger partial charge is 0.262 e. The fraction of sp³-hybridized carbons (Fsp3) is 0.364. The van der Waals surface area contributed by atoms with Gasteiger partial charge in [-0.05, 0) is 85.3 Å². The molecule has 1 heterocycles. The van der Waals surface area contributed by atoms with E-state index in [0.29, 0.717) is 70.4 Å². The average Bonchev–Trinajstić information content (AvgIpc) is 3.47. The highest BCUT2D eigenvalue weighted by Crippen LogP contribution is 2.34. The lowest BCUT2D eigenvalue weighted by molar-refractivity contribution is -0.129. The van der Waals surface area contributed by atoms with Crippen LogP contribution in [0.15, 0.2) is 59.7 Å². The zero-order valence-corrected chi connectivity index (χ0v) is 27.0. The number of carbonyl (C=O) groups excluding carboxylic acids is 2.